The summed E-state index contributed by atoms with van der Waals surface area (Å²) in [5.74, 6) is 0.717. The van der Waals surface area contributed by atoms with Crippen molar-refractivity contribution in [3.63, 3.8) is 0 Å². The number of amides is 1. The molecule has 158 valence electrons. The van der Waals surface area contributed by atoms with Gasteiger partial charge in [0, 0.05) is 13.1 Å². The number of nitrogens with one attached hydrogen (secondary N) is 1. The number of carbonyl (C=O) groups excluding carboxylic acids is 1. The Hall–Kier alpha value is -2.23. The molecule has 3 N–H and O–H groups in total. The van der Waals surface area contributed by atoms with E-state index in [1.807, 2.05) is 6.07 Å². The Morgan fingerprint density at radius 3 is 2.31 bits per heavy atom. The van der Waals surface area contributed by atoms with Crippen molar-refractivity contribution in [3.8, 4) is 11.5 Å². The van der Waals surface area contributed by atoms with E-state index >= 15 is 0 Å². The van der Waals surface area contributed by atoms with E-state index < -0.39 is 17.8 Å². The summed E-state index contributed by atoms with van der Waals surface area (Å²) in [4.78, 5) is 28.6. The largest absolute Gasteiger partial charge is 0.456 e. The van der Waals surface area contributed by atoms with Crippen LogP contribution in [0.2, 0.25) is 0 Å². The minimum Gasteiger partial charge on any atom is -0.456 e. The van der Waals surface area contributed by atoms with Crippen LogP contribution in [-0.2, 0) is 19.4 Å². The molecule has 2 aromatic rings. The van der Waals surface area contributed by atoms with Crippen LogP contribution in [0.3, 0.4) is 0 Å². The molecule has 0 saturated carbocycles. The first-order chi connectivity index (χ1) is 13.7. The van der Waals surface area contributed by atoms with Crippen LogP contribution in [0.15, 0.2) is 59.5 Å². The Morgan fingerprint density at radius 2 is 1.66 bits per heavy atom. The Labute approximate surface area is 169 Å². The van der Waals surface area contributed by atoms with Gasteiger partial charge in [-0.15, -0.1) is 0 Å². The number of ether oxygens (including phenoxy) is 1. The Bertz CT molecular complexity index is 948. The van der Waals surface area contributed by atoms with Gasteiger partial charge in [-0.25, -0.2) is 17.7 Å². The minimum absolute atomic E-state index is 0.0116. The second kappa shape index (κ2) is 10.5. The molecular weight excluding hydrogens is 419 g/mol. The van der Waals surface area contributed by atoms with Crippen molar-refractivity contribution in [2.75, 3.05) is 13.1 Å². The third kappa shape index (κ3) is 7.26. The third-order valence-corrected chi connectivity index (χ3v) is 6.39. The van der Waals surface area contributed by atoms with Gasteiger partial charge in [0.2, 0.25) is 16.4 Å². The summed E-state index contributed by atoms with van der Waals surface area (Å²) in [5.41, 5.74) is 0. The quantitative estimate of drug-likeness (QED) is 0.261. The van der Waals surface area contributed by atoms with Gasteiger partial charge < -0.3 is 14.5 Å². The number of benzene rings is 2. The van der Waals surface area contributed by atoms with Crippen molar-refractivity contribution in [3.05, 3.63) is 54.6 Å². The number of unbranched alkanes of at least 4 members (excludes halogenated alkanes) is 2. The van der Waals surface area contributed by atoms with Crippen molar-refractivity contribution in [2.24, 2.45) is 0 Å². The van der Waals surface area contributed by atoms with Crippen LogP contribution in [-0.4, -0.2) is 42.4 Å². The molecule has 0 saturated heterocycles. The highest BCUT2D eigenvalue weighted by atomic mass is 32.2. The summed E-state index contributed by atoms with van der Waals surface area (Å²) in [6.45, 7) is 0.0350. The second-order valence-corrected chi connectivity index (χ2v) is 9.38. The van der Waals surface area contributed by atoms with Gasteiger partial charge in [0.05, 0.1) is 0 Å². The van der Waals surface area contributed by atoms with Crippen molar-refractivity contribution in [1.29, 1.82) is 0 Å². The maximum absolute atomic E-state index is 12.6. The molecule has 0 atom stereocenters. The van der Waals surface area contributed by atoms with E-state index in [-0.39, 0.29) is 30.1 Å². The normalized spacial score (nSPS) is 11.8. The first-order valence-corrected chi connectivity index (χ1v) is 11.9. The number of para-hydroxylation sites is 2. The van der Waals surface area contributed by atoms with Crippen LogP contribution in [0.1, 0.15) is 19.3 Å². The molecule has 0 fully saturated rings. The van der Waals surface area contributed by atoms with Crippen molar-refractivity contribution < 1.29 is 32.3 Å². The Morgan fingerprint density at radius 1 is 1.00 bits per heavy atom. The van der Waals surface area contributed by atoms with Crippen molar-refractivity contribution >= 4 is 24.2 Å². The van der Waals surface area contributed by atoms with Crippen LogP contribution in [0.25, 0.3) is 0 Å². The van der Waals surface area contributed by atoms with E-state index in [0.29, 0.717) is 29.7 Å². The van der Waals surface area contributed by atoms with Gasteiger partial charge in [0.15, 0.2) is 0 Å². The van der Waals surface area contributed by atoms with Gasteiger partial charge in [-0.1, -0.05) is 36.8 Å². The topological polar surface area (TPSA) is 133 Å². The lowest BCUT2D eigenvalue weighted by molar-refractivity contribution is -0.115. The van der Waals surface area contributed by atoms with E-state index in [0.717, 1.165) is 0 Å². The van der Waals surface area contributed by atoms with Crippen LogP contribution >= 0.6 is 7.75 Å². The lowest BCUT2D eigenvalue weighted by atomic mass is 10.2. The number of nitrogens with zero attached hydrogens (tertiary/aromatic N) is 1. The predicted octanol–water partition coefficient (Wildman–Crippen LogP) is 2.48. The summed E-state index contributed by atoms with van der Waals surface area (Å²) in [7, 11) is -8.40. The van der Waals surface area contributed by atoms with E-state index in [1.165, 1.54) is 6.07 Å². The first-order valence-electron chi connectivity index (χ1n) is 8.83. The van der Waals surface area contributed by atoms with Gasteiger partial charge in [-0.05, 0) is 37.1 Å². The molecule has 0 bridgehead atoms. The molecule has 29 heavy (non-hydrogen) atoms. The molecule has 0 unspecified atom stereocenters. The fourth-order valence-electron chi connectivity index (χ4n) is 2.48. The SMILES string of the molecule is O=CN(CCCCCNS(=O)(=O)c1ccccc1Oc1ccccc1)P(=O)(O)O. The molecule has 0 aromatic heterocycles. The maximum atomic E-state index is 12.6. The standard InChI is InChI=1S/C18H23N2O7PS/c21-15-20(28(22,23)24)14-8-2-7-13-19-29(25,26)18-12-6-5-11-17(18)27-16-9-3-1-4-10-16/h1,3-6,9-12,15,19H,2,7-8,13-14H2,(H2,22,23,24). The van der Waals surface area contributed by atoms with Gasteiger partial charge in [-0.2, -0.15) is 0 Å². The lowest BCUT2D eigenvalue weighted by Crippen LogP contribution is -2.25. The Kier molecular flexibility index (Phi) is 8.36. The van der Waals surface area contributed by atoms with Gasteiger partial charge in [-0.3, -0.25) is 9.46 Å². The summed E-state index contributed by atoms with van der Waals surface area (Å²) in [6.07, 6.45) is 1.36. The minimum atomic E-state index is -4.59. The van der Waals surface area contributed by atoms with Crippen LogP contribution < -0.4 is 9.46 Å². The molecule has 2 aromatic carbocycles. The zero-order valence-corrected chi connectivity index (χ0v) is 17.3. The summed E-state index contributed by atoms with van der Waals surface area (Å²) in [6, 6.07) is 15.1. The van der Waals surface area contributed by atoms with Gasteiger partial charge in [0.1, 0.15) is 16.4 Å². The van der Waals surface area contributed by atoms with Crippen molar-refractivity contribution in [1.82, 2.24) is 9.39 Å². The monoisotopic (exact) mass is 442 g/mol. The Balaban J connectivity index is 1.89. The summed E-state index contributed by atoms with van der Waals surface area (Å²) in [5, 5.41) is 0. The average molecular weight is 442 g/mol. The fraction of sp³-hybridized carbons (Fsp3) is 0.278. The van der Waals surface area contributed by atoms with Crippen molar-refractivity contribution in [2.45, 2.75) is 24.2 Å². The third-order valence-electron chi connectivity index (χ3n) is 3.92. The molecular formula is C18H23N2O7PS. The smallest absolute Gasteiger partial charge is 0.432 e. The van der Waals surface area contributed by atoms with E-state index in [1.54, 1.807) is 42.5 Å². The van der Waals surface area contributed by atoms with E-state index in [2.05, 4.69) is 4.72 Å². The van der Waals surface area contributed by atoms with Crippen LogP contribution in [0.5, 0.6) is 11.5 Å². The number of rotatable bonds is 12. The fourth-order valence-corrected chi connectivity index (χ4v) is 4.20. The predicted molar refractivity (Wildman–Crippen MR) is 107 cm³/mol. The first kappa shape index (κ1) is 23.1. The number of carbonyl (C=O) groups is 1. The zero-order chi connectivity index (χ0) is 21.3. The molecule has 0 aliphatic heterocycles. The van der Waals surface area contributed by atoms with Gasteiger partial charge >= 0.3 is 7.75 Å². The highest BCUT2D eigenvalue weighted by molar-refractivity contribution is 7.89. The molecule has 0 spiro atoms. The summed E-state index contributed by atoms with van der Waals surface area (Å²) >= 11 is 0. The molecule has 1 amide bonds. The molecule has 0 aliphatic rings. The number of sulfonamides is 1. The number of hydrogen-bond acceptors (Lipinski definition) is 5. The highest BCUT2D eigenvalue weighted by Gasteiger charge is 2.23. The number of hydrogen-bond donors (Lipinski definition) is 3. The highest BCUT2D eigenvalue weighted by Crippen LogP contribution is 2.38. The summed E-state index contributed by atoms with van der Waals surface area (Å²) < 4.78 is 44.8. The van der Waals surface area contributed by atoms with E-state index in [9.17, 15) is 17.8 Å². The maximum Gasteiger partial charge on any atom is 0.432 e. The molecule has 11 heteroatoms. The van der Waals surface area contributed by atoms with E-state index in [4.69, 9.17) is 14.5 Å². The lowest BCUT2D eigenvalue weighted by Gasteiger charge is -2.17. The van der Waals surface area contributed by atoms with Crippen LogP contribution in [0, 0.1) is 0 Å². The molecule has 9 nitrogen and oxygen atoms in total. The zero-order valence-electron chi connectivity index (χ0n) is 15.5. The molecule has 0 aliphatic carbocycles. The second-order valence-electron chi connectivity index (χ2n) is 6.10. The molecule has 0 heterocycles. The molecule has 2 rings (SSSR count). The molecule has 0 radical (unpaired) electrons. The van der Waals surface area contributed by atoms with Gasteiger partial charge in [0.25, 0.3) is 0 Å². The van der Waals surface area contributed by atoms with Crippen LogP contribution in [0.4, 0.5) is 0 Å². The average Bonchev–Trinajstić information content (AvgIpc) is 2.67.